The van der Waals surface area contributed by atoms with Crippen molar-refractivity contribution in [2.45, 2.75) is 38.6 Å². The number of nitrogens with one attached hydrogen (secondary N) is 3. The summed E-state index contributed by atoms with van der Waals surface area (Å²) in [5.41, 5.74) is 7.96. The fraction of sp³-hybridized carbons (Fsp3) is 0.267. The number of hydrogen-bond donors (Lipinski definition) is 3. The van der Waals surface area contributed by atoms with Crippen molar-refractivity contribution in [2.24, 2.45) is 11.0 Å². The molecule has 3 N–H and O–H groups in total. The Morgan fingerprint density at radius 3 is 2.63 bits per heavy atom. The lowest BCUT2D eigenvalue weighted by Gasteiger charge is -2.35. The topological polar surface area (TPSA) is 102 Å². The lowest BCUT2D eigenvalue weighted by atomic mass is 9.92. The third-order valence-electron chi connectivity index (χ3n) is 7.95. The summed E-state index contributed by atoms with van der Waals surface area (Å²) in [6, 6.07) is 7.98. The molecule has 9 nitrogen and oxygen atoms in total. The summed E-state index contributed by atoms with van der Waals surface area (Å²) >= 11 is 6.13. The van der Waals surface area contributed by atoms with Gasteiger partial charge in [-0.1, -0.05) is 24.9 Å². The minimum absolute atomic E-state index is 0.0753. The van der Waals surface area contributed by atoms with Gasteiger partial charge in [-0.3, -0.25) is 14.6 Å². The Labute approximate surface area is 250 Å². The summed E-state index contributed by atoms with van der Waals surface area (Å²) in [6.07, 6.45) is 6.32. The van der Waals surface area contributed by atoms with E-state index in [9.17, 15) is 18.4 Å². The van der Waals surface area contributed by atoms with Crippen LogP contribution in [0.4, 0.5) is 24.5 Å². The van der Waals surface area contributed by atoms with Crippen molar-refractivity contribution in [2.75, 3.05) is 16.9 Å². The van der Waals surface area contributed by atoms with Gasteiger partial charge in [-0.2, -0.15) is 5.10 Å². The van der Waals surface area contributed by atoms with Crippen LogP contribution in [0, 0.1) is 23.4 Å². The normalized spacial score (nSPS) is 20.5. The van der Waals surface area contributed by atoms with E-state index in [-0.39, 0.29) is 34.6 Å². The number of hydrazine groups is 2. The molecule has 0 saturated heterocycles. The maximum absolute atomic E-state index is 15.4. The van der Waals surface area contributed by atoms with Gasteiger partial charge in [0.1, 0.15) is 6.34 Å². The number of fused-ring (bicyclic) bond motifs is 4. The molecule has 0 spiro atoms. The molecule has 3 aliphatic rings. The highest BCUT2D eigenvalue weighted by molar-refractivity contribution is 6.31. The smallest absolute Gasteiger partial charge is 0.247 e. The van der Waals surface area contributed by atoms with Crippen LogP contribution in [0.25, 0.3) is 16.7 Å². The molecule has 6 rings (SSSR count). The number of nitrogens with zero attached hydrogens (tertiary/aromatic N) is 4. The molecule has 43 heavy (non-hydrogen) atoms. The Balaban J connectivity index is 1.38. The number of hydrazone groups is 1. The van der Waals surface area contributed by atoms with Crippen LogP contribution in [-0.2, 0) is 9.59 Å². The van der Waals surface area contributed by atoms with E-state index < -0.39 is 29.4 Å². The molecular weight excluding hydrogens is 583 g/mol. The second-order valence-corrected chi connectivity index (χ2v) is 11.1. The molecule has 2 bridgehead atoms. The zero-order chi connectivity index (χ0) is 30.2. The van der Waals surface area contributed by atoms with Gasteiger partial charge in [0.25, 0.3) is 0 Å². The number of pyridine rings is 1. The second kappa shape index (κ2) is 11.7. The molecule has 222 valence electrons. The highest BCUT2D eigenvalue weighted by atomic mass is 35.5. The molecule has 4 heterocycles. The Bertz CT molecular complexity index is 1680. The van der Waals surface area contributed by atoms with Crippen LogP contribution in [0.5, 0.6) is 0 Å². The fourth-order valence-corrected chi connectivity index (χ4v) is 5.84. The largest absolute Gasteiger partial charge is 0.330 e. The average Bonchev–Trinajstić information content (AvgIpc) is 3.53. The van der Waals surface area contributed by atoms with E-state index in [4.69, 9.17) is 11.6 Å². The Morgan fingerprint density at radius 2 is 1.86 bits per heavy atom. The lowest BCUT2D eigenvalue weighted by molar-refractivity contribution is -0.129. The molecule has 3 aliphatic heterocycles. The zero-order valence-electron chi connectivity index (χ0n) is 23.0. The van der Waals surface area contributed by atoms with Gasteiger partial charge in [-0.15, -0.1) is 5.53 Å². The minimum atomic E-state index is -1.07. The molecule has 0 saturated carbocycles. The van der Waals surface area contributed by atoms with Crippen molar-refractivity contribution >= 4 is 46.7 Å². The molecule has 2 aromatic carbocycles. The minimum Gasteiger partial charge on any atom is -0.330 e. The highest BCUT2D eigenvalue weighted by Crippen LogP contribution is 2.39. The summed E-state index contributed by atoms with van der Waals surface area (Å²) < 4.78 is 44.0. The average molecular weight is 610 g/mol. The third kappa shape index (κ3) is 5.55. The van der Waals surface area contributed by atoms with Crippen LogP contribution in [-0.4, -0.2) is 34.6 Å². The maximum atomic E-state index is 15.4. The van der Waals surface area contributed by atoms with Crippen molar-refractivity contribution in [3.63, 3.8) is 0 Å². The van der Waals surface area contributed by atoms with E-state index in [0.29, 0.717) is 53.8 Å². The van der Waals surface area contributed by atoms with Crippen molar-refractivity contribution in [3.8, 4) is 11.1 Å². The van der Waals surface area contributed by atoms with E-state index in [1.807, 2.05) is 0 Å². The van der Waals surface area contributed by atoms with E-state index in [1.165, 1.54) is 23.5 Å². The molecule has 0 fully saturated rings. The fourth-order valence-electron chi connectivity index (χ4n) is 5.68. The quantitative estimate of drug-likeness (QED) is 0.352. The first kappa shape index (κ1) is 28.7. The van der Waals surface area contributed by atoms with E-state index in [0.717, 1.165) is 12.1 Å². The Morgan fingerprint density at radius 1 is 1.05 bits per heavy atom. The van der Waals surface area contributed by atoms with Crippen LogP contribution < -0.4 is 21.4 Å². The first-order valence-electron chi connectivity index (χ1n) is 13.8. The molecule has 0 radical (unpaired) electrons. The van der Waals surface area contributed by atoms with Gasteiger partial charge in [-0.05, 0) is 60.7 Å². The van der Waals surface area contributed by atoms with Gasteiger partial charge in [0.2, 0.25) is 11.8 Å². The van der Waals surface area contributed by atoms with Crippen molar-refractivity contribution < 1.29 is 22.8 Å². The van der Waals surface area contributed by atoms with Gasteiger partial charge >= 0.3 is 0 Å². The van der Waals surface area contributed by atoms with Gasteiger partial charge in [0, 0.05) is 41.9 Å². The third-order valence-corrected chi connectivity index (χ3v) is 8.25. The van der Waals surface area contributed by atoms with Crippen LogP contribution in [0.2, 0.25) is 5.02 Å². The molecular formula is C30H27ClF3N7O2. The monoisotopic (exact) mass is 609 g/mol. The summed E-state index contributed by atoms with van der Waals surface area (Å²) in [7, 11) is 0. The SMILES string of the molecule is C[C@@H]1CCC[C@H](N2CCC(c3c(N4C=NNN4)ccc(Cl)c3F)=CC2=O)c2cc(ccn2)-c2cc(F)c(F)cc2NC1=O. The summed E-state index contributed by atoms with van der Waals surface area (Å²) in [6.45, 7) is 2.03. The van der Waals surface area contributed by atoms with Crippen molar-refractivity contribution in [1.82, 2.24) is 21.0 Å². The van der Waals surface area contributed by atoms with Gasteiger partial charge in [0.05, 0.1) is 28.1 Å². The summed E-state index contributed by atoms with van der Waals surface area (Å²) in [5, 5.41) is 8.03. The molecule has 0 aliphatic carbocycles. The number of hydrogen-bond acceptors (Lipinski definition) is 7. The lowest BCUT2D eigenvalue weighted by Crippen LogP contribution is -2.39. The number of rotatable bonds is 3. The second-order valence-electron chi connectivity index (χ2n) is 10.7. The molecule has 2 amide bonds. The number of aromatic nitrogens is 1. The maximum Gasteiger partial charge on any atom is 0.247 e. The molecule has 3 aromatic rings. The standard InChI is InChI=1S/C30H27ClF3N7O2/c1-16-3-2-4-25(24-11-17(7-9-35-24)19-13-21(32)22(33)14-23(19)37-30(16)43)40-10-8-18(12-27(40)42)28-26(41-15-36-38-39-41)6-5-20(31)29(28)34/h5-7,9,11-16,25,38-39H,2-4,8,10H2,1H3,(H,37,43)/t16-,25+/m1/s1. The van der Waals surface area contributed by atoms with Crippen molar-refractivity contribution in [1.29, 1.82) is 0 Å². The van der Waals surface area contributed by atoms with Gasteiger partial charge < -0.3 is 10.2 Å². The first-order valence-corrected chi connectivity index (χ1v) is 14.2. The Kier molecular flexibility index (Phi) is 7.80. The number of benzene rings is 2. The molecule has 0 unspecified atom stereocenters. The highest BCUT2D eigenvalue weighted by Gasteiger charge is 2.32. The number of amides is 2. The van der Waals surface area contributed by atoms with Crippen LogP contribution >= 0.6 is 11.6 Å². The van der Waals surface area contributed by atoms with Crippen LogP contribution in [0.15, 0.2) is 53.8 Å². The predicted molar refractivity (Wildman–Crippen MR) is 157 cm³/mol. The number of carbonyl (C=O) groups is 2. The molecule has 1 aromatic heterocycles. The van der Waals surface area contributed by atoms with E-state index >= 15 is 4.39 Å². The summed E-state index contributed by atoms with van der Waals surface area (Å²) in [5.74, 6) is -3.84. The van der Waals surface area contributed by atoms with E-state index in [1.54, 1.807) is 36.2 Å². The van der Waals surface area contributed by atoms with E-state index in [2.05, 4.69) is 26.5 Å². The Hall–Kier alpha value is -4.42. The number of anilines is 2. The van der Waals surface area contributed by atoms with Crippen LogP contribution in [0.3, 0.4) is 0 Å². The molecule has 13 heteroatoms. The number of carbonyl (C=O) groups excluding carboxylic acids is 2. The summed E-state index contributed by atoms with van der Waals surface area (Å²) in [4.78, 5) is 32.9. The zero-order valence-corrected chi connectivity index (χ0v) is 23.8. The van der Waals surface area contributed by atoms with Crippen LogP contribution in [0.1, 0.15) is 49.9 Å². The van der Waals surface area contributed by atoms with Gasteiger partial charge in [0.15, 0.2) is 17.5 Å². The number of halogens is 4. The van der Waals surface area contributed by atoms with Gasteiger partial charge in [-0.25, -0.2) is 23.7 Å². The predicted octanol–water partition coefficient (Wildman–Crippen LogP) is 5.71. The first-order chi connectivity index (χ1) is 20.7. The molecule has 2 atom stereocenters. The van der Waals surface area contributed by atoms with Crippen molar-refractivity contribution in [3.05, 3.63) is 82.4 Å².